The SMILES string of the molecule is O=C(NNC(=O)[C@@H]1CCCC[C@@H]1C(=O)O)Nc1ccccc1. The van der Waals surface area contributed by atoms with Gasteiger partial charge in [-0.25, -0.2) is 10.2 Å². The molecule has 0 unspecified atom stereocenters. The molecule has 0 spiro atoms. The number of nitrogens with one attached hydrogen (secondary N) is 3. The van der Waals surface area contributed by atoms with Gasteiger partial charge < -0.3 is 10.4 Å². The van der Waals surface area contributed by atoms with Crippen LogP contribution in [0.4, 0.5) is 10.5 Å². The van der Waals surface area contributed by atoms with E-state index in [1.165, 1.54) is 0 Å². The van der Waals surface area contributed by atoms with Crippen LogP contribution in [0.15, 0.2) is 30.3 Å². The molecular weight excluding hydrogens is 286 g/mol. The number of urea groups is 1. The normalized spacial score (nSPS) is 20.7. The van der Waals surface area contributed by atoms with Gasteiger partial charge in [-0.3, -0.25) is 15.0 Å². The van der Waals surface area contributed by atoms with Crippen LogP contribution in [0.5, 0.6) is 0 Å². The largest absolute Gasteiger partial charge is 0.481 e. The van der Waals surface area contributed by atoms with Gasteiger partial charge in [-0.05, 0) is 25.0 Å². The number of hydrazine groups is 1. The van der Waals surface area contributed by atoms with Crippen LogP contribution in [-0.2, 0) is 9.59 Å². The molecule has 0 aliphatic heterocycles. The Balaban J connectivity index is 1.83. The Kier molecular flexibility index (Phi) is 5.35. The standard InChI is InChI=1S/C15H19N3O4/c19-13(11-8-4-5-9-12(11)14(20)21)17-18-15(22)16-10-6-2-1-3-7-10/h1-3,6-7,11-12H,4-5,8-9H2,(H,17,19)(H,20,21)(H2,16,18,22)/t11-,12+/m1/s1. The van der Waals surface area contributed by atoms with E-state index in [2.05, 4.69) is 16.2 Å². The van der Waals surface area contributed by atoms with E-state index in [9.17, 15) is 14.4 Å². The number of hydrogen-bond acceptors (Lipinski definition) is 3. The number of rotatable bonds is 3. The Morgan fingerprint density at radius 1 is 0.955 bits per heavy atom. The maximum atomic E-state index is 12.1. The first-order valence-electron chi connectivity index (χ1n) is 7.22. The summed E-state index contributed by atoms with van der Waals surface area (Å²) in [7, 11) is 0. The molecule has 1 aliphatic carbocycles. The van der Waals surface area contributed by atoms with Crippen LogP contribution in [0.2, 0.25) is 0 Å². The van der Waals surface area contributed by atoms with Gasteiger partial charge in [-0.15, -0.1) is 0 Å². The monoisotopic (exact) mass is 305 g/mol. The Morgan fingerprint density at radius 3 is 2.23 bits per heavy atom. The van der Waals surface area contributed by atoms with Gasteiger partial charge in [0.1, 0.15) is 0 Å². The molecule has 7 heteroatoms. The third-order valence-electron chi connectivity index (χ3n) is 3.75. The second kappa shape index (κ2) is 7.44. The lowest BCUT2D eigenvalue weighted by atomic mass is 9.79. The Hall–Kier alpha value is -2.57. The fourth-order valence-corrected chi connectivity index (χ4v) is 2.64. The van der Waals surface area contributed by atoms with Crippen LogP contribution in [0, 0.1) is 11.8 Å². The number of carbonyl (C=O) groups excluding carboxylic acids is 2. The molecular formula is C15H19N3O4. The van der Waals surface area contributed by atoms with Crippen LogP contribution in [0.25, 0.3) is 0 Å². The first-order chi connectivity index (χ1) is 10.6. The molecule has 0 radical (unpaired) electrons. The molecule has 0 saturated heterocycles. The molecule has 1 aromatic carbocycles. The van der Waals surface area contributed by atoms with Gasteiger partial charge in [0.15, 0.2) is 0 Å². The predicted octanol–water partition coefficient (Wildman–Crippen LogP) is 1.73. The summed E-state index contributed by atoms with van der Waals surface area (Å²) < 4.78 is 0. The molecule has 0 heterocycles. The molecule has 1 aliphatic rings. The number of aliphatic carboxylic acids is 1. The van der Waals surface area contributed by atoms with E-state index in [0.29, 0.717) is 18.5 Å². The van der Waals surface area contributed by atoms with E-state index >= 15 is 0 Å². The molecule has 2 atom stereocenters. The lowest BCUT2D eigenvalue weighted by molar-refractivity contribution is -0.149. The second-order valence-corrected chi connectivity index (χ2v) is 5.27. The van der Waals surface area contributed by atoms with Crippen molar-refractivity contribution in [1.82, 2.24) is 10.9 Å². The molecule has 0 aromatic heterocycles. The van der Waals surface area contributed by atoms with E-state index < -0.39 is 29.7 Å². The zero-order chi connectivity index (χ0) is 15.9. The number of amides is 3. The van der Waals surface area contributed by atoms with Crippen LogP contribution < -0.4 is 16.2 Å². The minimum absolute atomic E-state index is 0.463. The van der Waals surface area contributed by atoms with E-state index in [4.69, 9.17) is 5.11 Å². The third-order valence-corrected chi connectivity index (χ3v) is 3.75. The number of carboxylic acids is 1. The first kappa shape index (κ1) is 15.8. The topological polar surface area (TPSA) is 108 Å². The number of carbonyl (C=O) groups is 3. The summed E-state index contributed by atoms with van der Waals surface area (Å²) in [5, 5.41) is 11.7. The van der Waals surface area contributed by atoms with Gasteiger partial charge in [0.2, 0.25) is 5.91 Å². The molecule has 3 amide bonds. The molecule has 1 aromatic rings. The van der Waals surface area contributed by atoms with Crippen LogP contribution >= 0.6 is 0 Å². The minimum atomic E-state index is -0.964. The average molecular weight is 305 g/mol. The molecule has 4 N–H and O–H groups in total. The fourth-order valence-electron chi connectivity index (χ4n) is 2.64. The molecule has 1 fully saturated rings. The Bertz CT molecular complexity index is 547. The highest BCUT2D eigenvalue weighted by Crippen LogP contribution is 2.30. The predicted molar refractivity (Wildman–Crippen MR) is 79.8 cm³/mol. The Morgan fingerprint density at radius 2 is 1.59 bits per heavy atom. The van der Waals surface area contributed by atoms with Crippen molar-refractivity contribution in [2.75, 3.05) is 5.32 Å². The van der Waals surface area contributed by atoms with Crippen LogP contribution in [0.1, 0.15) is 25.7 Å². The summed E-state index contributed by atoms with van der Waals surface area (Å²) >= 11 is 0. The number of carboxylic acid groups (broad SMARTS) is 1. The van der Waals surface area contributed by atoms with E-state index in [1.54, 1.807) is 24.3 Å². The average Bonchev–Trinajstić information content (AvgIpc) is 2.53. The van der Waals surface area contributed by atoms with Crippen molar-refractivity contribution in [1.29, 1.82) is 0 Å². The highest BCUT2D eigenvalue weighted by molar-refractivity contribution is 5.92. The van der Waals surface area contributed by atoms with Crippen molar-refractivity contribution in [2.24, 2.45) is 11.8 Å². The van der Waals surface area contributed by atoms with E-state index in [0.717, 1.165) is 12.8 Å². The highest BCUT2D eigenvalue weighted by atomic mass is 16.4. The number of benzene rings is 1. The fraction of sp³-hybridized carbons (Fsp3) is 0.400. The number of hydrogen-bond donors (Lipinski definition) is 4. The van der Waals surface area contributed by atoms with E-state index in [-0.39, 0.29) is 0 Å². The zero-order valence-corrected chi connectivity index (χ0v) is 12.0. The van der Waals surface area contributed by atoms with Gasteiger partial charge in [-0.1, -0.05) is 31.0 Å². The second-order valence-electron chi connectivity index (χ2n) is 5.27. The van der Waals surface area contributed by atoms with Crippen LogP contribution in [0.3, 0.4) is 0 Å². The summed E-state index contributed by atoms with van der Waals surface area (Å²) in [4.78, 5) is 34.9. The van der Waals surface area contributed by atoms with Crippen molar-refractivity contribution < 1.29 is 19.5 Å². The van der Waals surface area contributed by atoms with Gasteiger partial charge in [0.25, 0.3) is 0 Å². The maximum Gasteiger partial charge on any atom is 0.337 e. The number of para-hydroxylation sites is 1. The smallest absolute Gasteiger partial charge is 0.337 e. The molecule has 118 valence electrons. The lowest BCUT2D eigenvalue weighted by Gasteiger charge is -2.27. The summed E-state index contributed by atoms with van der Waals surface area (Å²) in [5.41, 5.74) is 5.13. The highest BCUT2D eigenvalue weighted by Gasteiger charge is 2.35. The van der Waals surface area contributed by atoms with Gasteiger partial charge in [0, 0.05) is 5.69 Å². The molecule has 1 saturated carbocycles. The zero-order valence-electron chi connectivity index (χ0n) is 12.0. The quantitative estimate of drug-likeness (QED) is 0.638. The Labute approximate surface area is 128 Å². The molecule has 2 rings (SSSR count). The van der Waals surface area contributed by atoms with Crippen molar-refractivity contribution in [2.45, 2.75) is 25.7 Å². The minimum Gasteiger partial charge on any atom is -0.481 e. The van der Waals surface area contributed by atoms with Crippen molar-refractivity contribution in [3.63, 3.8) is 0 Å². The molecule has 7 nitrogen and oxygen atoms in total. The van der Waals surface area contributed by atoms with Gasteiger partial charge >= 0.3 is 12.0 Å². The molecule has 0 bridgehead atoms. The summed E-state index contributed by atoms with van der Waals surface area (Å²) in [5.74, 6) is -2.72. The van der Waals surface area contributed by atoms with Crippen molar-refractivity contribution in [3.8, 4) is 0 Å². The maximum absolute atomic E-state index is 12.1. The van der Waals surface area contributed by atoms with Gasteiger partial charge in [0.05, 0.1) is 11.8 Å². The summed E-state index contributed by atoms with van der Waals surface area (Å²) in [6, 6.07) is 8.20. The lowest BCUT2D eigenvalue weighted by Crippen LogP contribution is -2.49. The first-order valence-corrected chi connectivity index (χ1v) is 7.22. The third kappa shape index (κ3) is 4.21. The molecule has 22 heavy (non-hydrogen) atoms. The van der Waals surface area contributed by atoms with Gasteiger partial charge in [-0.2, -0.15) is 0 Å². The van der Waals surface area contributed by atoms with Crippen LogP contribution in [-0.4, -0.2) is 23.0 Å². The van der Waals surface area contributed by atoms with Crippen molar-refractivity contribution in [3.05, 3.63) is 30.3 Å². The summed E-state index contributed by atoms with van der Waals surface area (Å²) in [6.45, 7) is 0. The van der Waals surface area contributed by atoms with Crippen molar-refractivity contribution >= 4 is 23.6 Å². The van der Waals surface area contributed by atoms with E-state index in [1.807, 2.05) is 6.07 Å². The summed E-state index contributed by atoms with van der Waals surface area (Å²) in [6.07, 6.45) is 2.63. The number of anilines is 1.